The van der Waals surface area contributed by atoms with Crippen molar-refractivity contribution >= 4 is 40.0 Å². The SMILES string of the molecule is CCSc1c(-c2ccccc2C)nc2c3cc(NC(=O)OC)ccc3ccn12. The lowest BCUT2D eigenvalue weighted by atomic mass is 10.1. The van der Waals surface area contributed by atoms with Crippen molar-refractivity contribution in [2.45, 2.75) is 18.9 Å². The van der Waals surface area contributed by atoms with Crippen LogP contribution in [0, 0.1) is 6.92 Å². The normalized spacial score (nSPS) is 11.1. The minimum Gasteiger partial charge on any atom is -0.453 e. The molecule has 1 amide bonds. The summed E-state index contributed by atoms with van der Waals surface area (Å²) in [5.41, 5.74) is 4.88. The Morgan fingerprint density at radius 3 is 2.79 bits per heavy atom. The van der Waals surface area contributed by atoms with Crippen molar-refractivity contribution in [1.29, 1.82) is 0 Å². The molecular weight excluding hydrogens is 370 g/mol. The van der Waals surface area contributed by atoms with E-state index in [2.05, 4.69) is 48.0 Å². The van der Waals surface area contributed by atoms with Crippen molar-refractivity contribution in [3.63, 3.8) is 0 Å². The smallest absolute Gasteiger partial charge is 0.411 e. The third kappa shape index (κ3) is 3.20. The zero-order chi connectivity index (χ0) is 19.7. The van der Waals surface area contributed by atoms with Crippen molar-refractivity contribution in [2.24, 2.45) is 0 Å². The first-order chi connectivity index (χ1) is 13.6. The summed E-state index contributed by atoms with van der Waals surface area (Å²) < 4.78 is 6.84. The van der Waals surface area contributed by atoms with Gasteiger partial charge in [-0.15, -0.1) is 11.8 Å². The van der Waals surface area contributed by atoms with Crippen LogP contribution in [0.4, 0.5) is 10.5 Å². The van der Waals surface area contributed by atoms with Crippen LogP contribution >= 0.6 is 11.8 Å². The number of hydrogen-bond donors (Lipinski definition) is 1. The summed E-state index contributed by atoms with van der Waals surface area (Å²) in [5.74, 6) is 0.953. The van der Waals surface area contributed by atoms with Crippen molar-refractivity contribution < 1.29 is 9.53 Å². The highest BCUT2D eigenvalue weighted by molar-refractivity contribution is 7.99. The van der Waals surface area contributed by atoms with Crippen LogP contribution in [0.1, 0.15) is 12.5 Å². The van der Waals surface area contributed by atoms with Gasteiger partial charge in [0.2, 0.25) is 0 Å². The van der Waals surface area contributed by atoms with Gasteiger partial charge < -0.3 is 4.74 Å². The van der Waals surface area contributed by atoms with Crippen molar-refractivity contribution in [3.8, 4) is 11.3 Å². The second kappa shape index (κ2) is 7.56. The Balaban J connectivity index is 1.97. The molecule has 0 saturated heterocycles. The largest absolute Gasteiger partial charge is 0.453 e. The number of pyridine rings is 1. The molecule has 0 unspecified atom stereocenters. The highest BCUT2D eigenvalue weighted by Crippen LogP contribution is 2.36. The molecule has 4 aromatic rings. The Kier molecular flexibility index (Phi) is 4.96. The number of aromatic nitrogens is 2. The van der Waals surface area contributed by atoms with E-state index < -0.39 is 6.09 Å². The number of hydrogen-bond acceptors (Lipinski definition) is 4. The third-order valence-corrected chi connectivity index (χ3v) is 5.63. The maximum Gasteiger partial charge on any atom is 0.411 e. The van der Waals surface area contributed by atoms with E-state index in [1.807, 2.05) is 30.3 Å². The molecule has 6 heteroatoms. The van der Waals surface area contributed by atoms with Crippen LogP contribution in [-0.2, 0) is 4.74 Å². The van der Waals surface area contributed by atoms with Crippen LogP contribution in [0.5, 0.6) is 0 Å². The lowest BCUT2D eigenvalue weighted by Gasteiger charge is -2.07. The average molecular weight is 391 g/mol. The lowest BCUT2D eigenvalue weighted by molar-refractivity contribution is 0.187. The topological polar surface area (TPSA) is 55.6 Å². The Bertz CT molecular complexity index is 1180. The highest BCUT2D eigenvalue weighted by atomic mass is 32.2. The molecule has 2 heterocycles. The van der Waals surface area contributed by atoms with Crippen molar-refractivity contribution in [2.75, 3.05) is 18.2 Å². The number of imidazole rings is 1. The Hall–Kier alpha value is -2.99. The zero-order valence-electron chi connectivity index (χ0n) is 16.0. The fourth-order valence-electron chi connectivity index (χ4n) is 3.33. The average Bonchev–Trinajstić information content (AvgIpc) is 3.07. The van der Waals surface area contributed by atoms with Gasteiger partial charge in [-0.2, -0.15) is 0 Å². The predicted molar refractivity (Wildman–Crippen MR) is 115 cm³/mol. The number of methoxy groups -OCH3 is 1. The summed E-state index contributed by atoms with van der Waals surface area (Å²) >= 11 is 1.78. The number of nitrogens with zero attached hydrogens (tertiary/aromatic N) is 2. The molecule has 2 aromatic heterocycles. The molecule has 0 fully saturated rings. The van der Waals surface area contributed by atoms with Gasteiger partial charge in [0.1, 0.15) is 16.4 Å². The number of nitrogens with one attached hydrogen (secondary N) is 1. The second-order valence-corrected chi connectivity index (χ2v) is 7.69. The third-order valence-electron chi connectivity index (χ3n) is 4.68. The molecule has 4 rings (SSSR count). The van der Waals surface area contributed by atoms with Crippen molar-refractivity contribution in [1.82, 2.24) is 9.38 Å². The van der Waals surface area contributed by atoms with Gasteiger partial charge in [0, 0.05) is 22.8 Å². The molecule has 0 aliphatic heterocycles. The number of carbonyl (C=O) groups is 1. The molecule has 142 valence electrons. The number of rotatable bonds is 4. The first kappa shape index (κ1) is 18.4. The van der Waals surface area contributed by atoms with E-state index in [1.54, 1.807) is 11.8 Å². The molecule has 0 aliphatic rings. The van der Waals surface area contributed by atoms with E-state index in [9.17, 15) is 4.79 Å². The van der Waals surface area contributed by atoms with E-state index in [-0.39, 0.29) is 0 Å². The van der Waals surface area contributed by atoms with Crippen LogP contribution in [0.3, 0.4) is 0 Å². The van der Waals surface area contributed by atoms with E-state index in [1.165, 1.54) is 12.7 Å². The molecule has 0 atom stereocenters. The summed E-state index contributed by atoms with van der Waals surface area (Å²) in [7, 11) is 1.35. The first-order valence-corrected chi connectivity index (χ1v) is 10.1. The standard InChI is InChI=1S/C22H21N3O2S/c1-4-28-21-19(17-8-6-5-7-14(17)2)24-20-18-13-16(23-22(26)27-3)10-9-15(18)11-12-25(20)21/h5-13H,4H2,1-3H3,(H,23,26). The van der Waals surface area contributed by atoms with Gasteiger partial charge in [-0.1, -0.05) is 37.3 Å². The number of ether oxygens (including phenoxy) is 1. The molecule has 1 N–H and O–H groups in total. The lowest BCUT2D eigenvalue weighted by Crippen LogP contribution is -2.10. The van der Waals surface area contributed by atoms with Crippen LogP contribution in [0.15, 0.2) is 59.8 Å². The second-order valence-electron chi connectivity index (χ2n) is 6.44. The molecule has 0 aliphatic carbocycles. The van der Waals surface area contributed by atoms with Crippen LogP contribution in [0.2, 0.25) is 0 Å². The molecule has 2 aromatic carbocycles. The van der Waals surface area contributed by atoms with E-state index in [0.29, 0.717) is 5.69 Å². The molecule has 5 nitrogen and oxygen atoms in total. The predicted octanol–water partition coefficient (Wildman–Crippen LogP) is 5.75. The number of fused-ring (bicyclic) bond motifs is 3. The number of amides is 1. The van der Waals surface area contributed by atoms with E-state index >= 15 is 0 Å². The fourth-order valence-corrected chi connectivity index (χ4v) is 4.18. The van der Waals surface area contributed by atoms with Crippen LogP contribution in [0.25, 0.3) is 27.7 Å². The summed E-state index contributed by atoms with van der Waals surface area (Å²) in [4.78, 5) is 16.6. The summed E-state index contributed by atoms with van der Waals surface area (Å²) in [6.45, 7) is 4.25. The molecule has 0 spiro atoms. The number of carbonyl (C=O) groups excluding carboxylic acids is 1. The Morgan fingerprint density at radius 1 is 1.21 bits per heavy atom. The van der Waals surface area contributed by atoms with Gasteiger partial charge in [-0.3, -0.25) is 9.72 Å². The molecular formula is C22H21N3O2S. The number of benzene rings is 2. The van der Waals surface area contributed by atoms with E-state index in [4.69, 9.17) is 9.72 Å². The Labute approximate surface area is 167 Å². The van der Waals surface area contributed by atoms with Gasteiger partial charge in [-0.05, 0) is 41.8 Å². The maximum atomic E-state index is 11.6. The van der Waals surface area contributed by atoms with Crippen LogP contribution < -0.4 is 5.32 Å². The molecule has 0 bridgehead atoms. The zero-order valence-corrected chi connectivity index (χ0v) is 16.8. The minimum atomic E-state index is -0.488. The first-order valence-electron chi connectivity index (χ1n) is 9.11. The molecule has 0 radical (unpaired) electrons. The number of thioether (sulfide) groups is 1. The molecule has 0 saturated carbocycles. The number of aryl methyl sites for hydroxylation is 1. The highest BCUT2D eigenvalue weighted by Gasteiger charge is 2.17. The van der Waals surface area contributed by atoms with Crippen LogP contribution in [-0.4, -0.2) is 28.3 Å². The molecule has 28 heavy (non-hydrogen) atoms. The van der Waals surface area contributed by atoms with Gasteiger partial charge in [0.05, 0.1) is 7.11 Å². The van der Waals surface area contributed by atoms with Gasteiger partial charge in [0.15, 0.2) is 0 Å². The minimum absolute atomic E-state index is 0.488. The monoisotopic (exact) mass is 391 g/mol. The van der Waals surface area contributed by atoms with Gasteiger partial charge in [-0.25, -0.2) is 9.78 Å². The number of anilines is 1. The quantitative estimate of drug-likeness (QED) is 0.450. The Morgan fingerprint density at radius 2 is 2.04 bits per heavy atom. The van der Waals surface area contributed by atoms with Gasteiger partial charge >= 0.3 is 6.09 Å². The summed E-state index contributed by atoms with van der Waals surface area (Å²) in [6, 6.07) is 16.2. The summed E-state index contributed by atoms with van der Waals surface area (Å²) in [6.07, 6.45) is 1.58. The maximum absolute atomic E-state index is 11.6. The van der Waals surface area contributed by atoms with E-state index in [0.717, 1.165) is 38.5 Å². The summed E-state index contributed by atoms with van der Waals surface area (Å²) in [5, 5.41) is 5.91. The fraction of sp³-hybridized carbons (Fsp3) is 0.182. The van der Waals surface area contributed by atoms with Crippen molar-refractivity contribution in [3.05, 3.63) is 60.3 Å². The van der Waals surface area contributed by atoms with Gasteiger partial charge in [0.25, 0.3) is 0 Å².